The summed E-state index contributed by atoms with van der Waals surface area (Å²) < 4.78 is 12.0. The van der Waals surface area contributed by atoms with Crippen molar-refractivity contribution in [1.82, 2.24) is 4.90 Å². The van der Waals surface area contributed by atoms with E-state index in [4.69, 9.17) is 21.7 Å². The molecule has 3 heterocycles. The molecule has 1 aromatic carbocycles. The van der Waals surface area contributed by atoms with E-state index in [9.17, 15) is 4.79 Å². The van der Waals surface area contributed by atoms with Gasteiger partial charge in [0.1, 0.15) is 16.2 Å². The Morgan fingerprint density at radius 3 is 3.12 bits per heavy atom. The fourth-order valence-corrected chi connectivity index (χ4v) is 4.61. The molecule has 0 spiro atoms. The molecule has 126 valence electrons. The van der Waals surface area contributed by atoms with Crippen LogP contribution < -0.4 is 4.74 Å². The maximum Gasteiger partial charge on any atom is 0.266 e. The molecule has 2 saturated heterocycles. The lowest BCUT2D eigenvalue weighted by Crippen LogP contribution is -2.35. The van der Waals surface area contributed by atoms with Gasteiger partial charge >= 0.3 is 0 Å². The fourth-order valence-electron chi connectivity index (χ4n) is 3.33. The largest absolute Gasteiger partial charge is 0.490 e. The second kappa shape index (κ2) is 6.50. The highest BCUT2D eigenvalue weighted by molar-refractivity contribution is 8.26. The van der Waals surface area contributed by atoms with Gasteiger partial charge in [-0.15, -0.1) is 0 Å². The van der Waals surface area contributed by atoms with Crippen molar-refractivity contribution < 1.29 is 14.3 Å². The van der Waals surface area contributed by atoms with E-state index < -0.39 is 0 Å². The molecule has 4 nitrogen and oxygen atoms in total. The summed E-state index contributed by atoms with van der Waals surface area (Å²) in [5.74, 6) is 0.941. The van der Waals surface area contributed by atoms with Gasteiger partial charge < -0.3 is 9.47 Å². The van der Waals surface area contributed by atoms with E-state index in [0.29, 0.717) is 15.8 Å². The van der Waals surface area contributed by atoms with Crippen LogP contribution in [0.3, 0.4) is 0 Å². The minimum Gasteiger partial charge on any atom is -0.490 e. The molecule has 3 aliphatic rings. The normalized spacial score (nSPS) is 27.9. The van der Waals surface area contributed by atoms with E-state index in [0.717, 1.165) is 37.2 Å². The number of thioether (sulfide) groups is 1. The zero-order chi connectivity index (χ0) is 16.7. The first-order chi connectivity index (χ1) is 11.6. The van der Waals surface area contributed by atoms with Gasteiger partial charge in [0.05, 0.1) is 17.6 Å². The van der Waals surface area contributed by atoms with E-state index in [2.05, 4.69) is 13.0 Å². The molecule has 1 aromatic rings. The van der Waals surface area contributed by atoms with Crippen LogP contribution in [-0.4, -0.2) is 40.5 Å². The van der Waals surface area contributed by atoms with Gasteiger partial charge in [-0.1, -0.05) is 30.0 Å². The number of fused-ring (bicyclic) bond motifs is 1. The molecule has 24 heavy (non-hydrogen) atoms. The Hall–Kier alpha value is -1.37. The number of hydrogen-bond acceptors (Lipinski definition) is 5. The maximum absolute atomic E-state index is 12.7. The van der Waals surface area contributed by atoms with Gasteiger partial charge in [0.25, 0.3) is 5.91 Å². The van der Waals surface area contributed by atoms with Gasteiger partial charge in [-0.05, 0) is 49.1 Å². The van der Waals surface area contributed by atoms with Crippen LogP contribution >= 0.6 is 24.0 Å². The van der Waals surface area contributed by atoms with Gasteiger partial charge in [0.15, 0.2) is 0 Å². The molecule has 3 aliphatic heterocycles. The standard InChI is InChI=1S/C18H19NO3S2/c1-11-7-13-8-12(4-5-15(13)22-11)9-16-17(20)19(18(23)24-16)10-14-3-2-6-21-14/h4-5,8-9,11,14H,2-3,6-7,10H2,1H3/b16-9-/t11-,14+/m0/s1. The summed E-state index contributed by atoms with van der Waals surface area (Å²) in [6, 6.07) is 6.08. The smallest absolute Gasteiger partial charge is 0.266 e. The minimum absolute atomic E-state index is 0.00869. The van der Waals surface area contributed by atoms with E-state index >= 15 is 0 Å². The van der Waals surface area contributed by atoms with Gasteiger partial charge in [-0.3, -0.25) is 9.69 Å². The molecule has 4 rings (SSSR count). The predicted octanol–water partition coefficient (Wildman–Crippen LogP) is 3.39. The molecular formula is C18H19NO3S2. The molecule has 0 radical (unpaired) electrons. The molecule has 0 aromatic heterocycles. The summed E-state index contributed by atoms with van der Waals surface area (Å²) in [5, 5.41) is 0. The Bertz CT molecular complexity index is 725. The summed E-state index contributed by atoms with van der Waals surface area (Å²) in [7, 11) is 0. The number of amides is 1. The first-order valence-electron chi connectivity index (χ1n) is 8.27. The van der Waals surface area contributed by atoms with Gasteiger partial charge in [-0.2, -0.15) is 0 Å². The van der Waals surface area contributed by atoms with Gasteiger partial charge in [0.2, 0.25) is 0 Å². The Labute approximate surface area is 151 Å². The molecule has 2 atom stereocenters. The number of carbonyl (C=O) groups is 1. The van der Waals surface area contributed by atoms with Crippen LogP contribution in [0.25, 0.3) is 6.08 Å². The van der Waals surface area contributed by atoms with E-state index in [1.165, 1.54) is 17.3 Å². The van der Waals surface area contributed by atoms with Crippen molar-refractivity contribution in [3.63, 3.8) is 0 Å². The average molecular weight is 361 g/mol. The lowest BCUT2D eigenvalue weighted by atomic mass is 10.1. The van der Waals surface area contributed by atoms with Crippen molar-refractivity contribution in [2.75, 3.05) is 13.2 Å². The summed E-state index contributed by atoms with van der Waals surface area (Å²) >= 11 is 6.77. The second-order valence-electron chi connectivity index (χ2n) is 6.43. The van der Waals surface area contributed by atoms with Crippen LogP contribution in [-0.2, 0) is 16.0 Å². The fraction of sp³-hybridized carbons (Fsp3) is 0.444. The van der Waals surface area contributed by atoms with Crippen molar-refractivity contribution in [1.29, 1.82) is 0 Å². The summed E-state index contributed by atoms with van der Waals surface area (Å²) in [6.45, 7) is 3.42. The number of benzene rings is 1. The maximum atomic E-state index is 12.7. The van der Waals surface area contributed by atoms with E-state index in [-0.39, 0.29) is 18.1 Å². The Kier molecular flexibility index (Phi) is 4.37. The molecule has 1 amide bonds. The monoisotopic (exact) mass is 361 g/mol. The third-order valence-electron chi connectivity index (χ3n) is 4.50. The SMILES string of the molecule is C[C@H]1Cc2cc(/C=C3\SC(=S)N(C[C@H]4CCCO4)C3=O)ccc2O1. The first-order valence-corrected chi connectivity index (χ1v) is 9.49. The molecule has 0 N–H and O–H groups in total. The summed E-state index contributed by atoms with van der Waals surface area (Å²) in [4.78, 5) is 15.0. The Balaban J connectivity index is 1.52. The average Bonchev–Trinajstić information content (AvgIpc) is 3.23. The Morgan fingerprint density at radius 2 is 2.33 bits per heavy atom. The quantitative estimate of drug-likeness (QED) is 0.609. The lowest BCUT2D eigenvalue weighted by Gasteiger charge is -2.18. The number of carbonyl (C=O) groups excluding carboxylic acids is 1. The highest BCUT2D eigenvalue weighted by atomic mass is 32.2. The van der Waals surface area contributed by atoms with Crippen molar-refractivity contribution in [2.24, 2.45) is 0 Å². The molecule has 0 aliphatic carbocycles. The van der Waals surface area contributed by atoms with Crippen LogP contribution in [0.4, 0.5) is 0 Å². The van der Waals surface area contributed by atoms with Gasteiger partial charge in [-0.25, -0.2) is 0 Å². The molecule has 2 fully saturated rings. The summed E-state index contributed by atoms with van der Waals surface area (Å²) in [6.07, 6.45) is 5.24. The van der Waals surface area contributed by atoms with Crippen LogP contribution in [0.5, 0.6) is 5.75 Å². The topological polar surface area (TPSA) is 38.8 Å². The number of nitrogens with zero attached hydrogens (tertiary/aromatic N) is 1. The first kappa shape index (κ1) is 16.1. The molecule has 0 saturated carbocycles. The van der Waals surface area contributed by atoms with Crippen LogP contribution in [0.15, 0.2) is 23.1 Å². The zero-order valence-corrected chi connectivity index (χ0v) is 15.1. The zero-order valence-electron chi connectivity index (χ0n) is 13.5. The Morgan fingerprint density at radius 1 is 1.46 bits per heavy atom. The van der Waals surface area contributed by atoms with Crippen molar-refractivity contribution in [3.8, 4) is 5.75 Å². The number of ether oxygens (including phenoxy) is 2. The van der Waals surface area contributed by atoms with E-state index in [1.54, 1.807) is 4.90 Å². The third-order valence-corrected chi connectivity index (χ3v) is 5.88. The molecule has 0 unspecified atom stereocenters. The van der Waals surface area contributed by atoms with Crippen LogP contribution in [0.2, 0.25) is 0 Å². The highest BCUT2D eigenvalue weighted by Crippen LogP contribution is 2.35. The van der Waals surface area contributed by atoms with Crippen molar-refractivity contribution in [2.45, 2.75) is 38.4 Å². The number of rotatable bonds is 3. The van der Waals surface area contributed by atoms with Crippen molar-refractivity contribution >= 4 is 40.3 Å². The lowest BCUT2D eigenvalue weighted by molar-refractivity contribution is -0.123. The molecular weight excluding hydrogens is 342 g/mol. The third kappa shape index (κ3) is 3.10. The van der Waals surface area contributed by atoms with Gasteiger partial charge in [0, 0.05) is 13.0 Å². The highest BCUT2D eigenvalue weighted by Gasteiger charge is 2.34. The molecule has 6 heteroatoms. The number of hydrogen-bond donors (Lipinski definition) is 0. The van der Waals surface area contributed by atoms with Crippen molar-refractivity contribution in [3.05, 3.63) is 34.2 Å². The van der Waals surface area contributed by atoms with Crippen LogP contribution in [0.1, 0.15) is 30.9 Å². The van der Waals surface area contributed by atoms with Crippen LogP contribution in [0, 0.1) is 0 Å². The predicted molar refractivity (Wildman–Crippen MR) is 99.1 cm³/mol. The number of thiocarbonyl (C=S) groups is 1. The second-order valence-corrected chi connectivity index (χ2v) is 8.10. The summed E-state index contributed by atoms with van der Waals surface area (Å²) in [5.41, 5.74) is 2.22. The minimum atomic E-state index is -0.00869. The van der Waals surface area contributed by atoms with E-state index in [1.807, 2.05) is 18.2 Å². The molecule has 0 bridgehead atoms.